The van der Waals surface area contributed by atoms with Gasteiger partial charge in [-0.15, -0.1) is 10.2 Å². The van der Waals surface area contributed by atoms with Crippen LogP contribution in [0.1, 0.15) is 45.6 Å². The molecule has 1 N–H and O–H groups in total. The summed E-state index contributed by atoms with van der Waals surface area (Å²) in [5.74, 6) is 0.231. The second-order valence-corrected chi connectivity index (χ2v) is 8.94. The third kappa shape index (κ3) is 5.92. The van der Waals surface area contributed by atoms with E-state index >= 15 is 0 Å². The maximum Gasteiger partial charge on any atom is 0.286 e. The van der Waals surface area contributed by atoms with Crippen molar-refractivity contribution in [2.75, 3.05) is 25.5 Å². The van der Waals surface area contributed by atoms with Gasteiger partial charge in [0.2, 0.25) is 10.9 Å². The Morgan fingerprint density at radius 3 is 2.64 bits per heavy atom. The van der Waals surface area contributed by atoms with Crippen molar-refractivity contribution in [3.8, 4) is 5.75 Å². The first kappa shape index (κ1) is 22.8. The third-order valence-electron chi connectivity index (χ3n) is 5.65. The van der Waals surface area contributed by atoms with Gasteiger partial charge < -0.3 is 15.0 Å². The molecule has 33 heavy (non-hydrogen) atoms. The molecule has 0 unspecified atom stereocenters. The highest BCUT2D eigenvalue weighted by atomic mass is 32.1. The number of benzene rings is 2. The van der Waals surface area contributed by atoms with Gasteiger partial charge >= 0.3 is 0 Å². The molecule has 1 fully saturated rings. The maximum atomic E-state index is 13.0. The standard InChI is InChI=1S/C24H25FN4O3S/c1-32-20-11-4-16(5-12-20)6-13-21(30)29-14-2-3-17(15-29)23-27-28-24(33-23)22(31)26-19-9-7-18(25)8-10-19/h4-5,7-12,17H,2-3,6,13-15H2,1H3,(H,26,31)/t17-/m0/s1. The van der Waals surface area contributed by atoms with Gasteiger partial charge in [-0.05, 0) is 61.2 Å². The van der Waals surface area contributed by atoms with Gasteiger partial charge in [-0.25, -0.2) is 4.39 Å². The predicted molar refractivity (Wildman–Crippen MR) is 124 cm³/mol. The van der Waals surface area contributed by atoms with Crippen molar-refractivity contribution in [2.24, 2.45) is 0 Å². The quantitative estimate of drug-likeness (QED) is 0.560. The first-order valence-electron chi connectivity index (χ1n) is 10.8. The number of rotatable bonds is 7. The lowest BCUT2D eigenvalue weighted by Gasteiger charge is -2.31. The Morgan fingerprint density at radius 2 is 1.91 bits per heavy atom. The molecule has 2 heterocycles. The fraction of sp³-hybridized carbons (Fsp3) is 0.333. The Balaban J connectivity index is 1.32. The summed E-state index contributed by atoms with van der Waals surface area (Å²) in [5.41, 5.74) is 1.59. The van der Waals surface area contributed by atoms with Crippen LogP contribution >= 0.6 is 11.3 Å². The average molecular weight is 469 g/mol. The molecule has 0 spiro atoms. The zero-order valence-electron chi connectivity index (χ0n) is 18.3. The number of carbonyl (C=O) groups excluding carboxylic acids is 2. The Hall–Kier alpha value is -3.33. The van der Waals surface area contributed by atoms with E-state index in [9.17, 15) is 14.0 Å². The minimum absolute atomic E-state index is 0.0635. The maximum absolute atomic E-state index is 13.0. The zero-order valence-corrected chi connectivity index (χ0v) is 19.1. The summed E-state index contributed by atoms with van der Waals surface area (Å²) in [5, 5.41) is 12.0. The minimum atomic E-state index is -0.381. The molecule has 3 aromatic rings. The number of hydrogen-bond acceptors (Lipinski definition) is 6. The number of ether oxygens (including phenoxy) is 1. The number of likely N-dealkylation sites (tertiary alicyclic amines) is 1. The highest BCUT2D eigenvalue weighted by Crippen LogP contribution is 2.30. The number of halogens is 1. The number of piperidine rings is 1. The zero-order chi connectivity index (χ0) is 23.2. The van der Waals surface area contributed by atoms with Gasteiger partial charge in [0.15, 0.2) is 0 Å². The van der Waals surface area contributed by atoms with E-state index in [1.54, 1.807) is 7.11 Å². The van der Waals surface area contributed by atoms with Crippen molar-refractivity contribution >= 4 is 28.8 Å². The van der Waals surface area contributed by atoms with Crippen LogP contribution in [0.3, 0.4) is 0 Å². The fourth-order valence-corrected chi connectivity index (χ4v) is 4.68. The van der Waals surface area contributed by atoms with E-state index in [4.69, 9.17) is 4.74 Å². The highest BCUT2D eigenvalue weighted by molar-refractivity contribution is 7.13. The van der Waals surface area contributed by atoms with Crippen LogP contribution < -0.4 is 10.1 Å². The molecule has 1 atom stereocenters. The molecule has 0 radical (unpaired) electrons. The normalized spacial score (nSPS) is 15.8. The lowest BCUT2D eigenvalue weighted by molar-refractivity contribution is -0.132. The number of nitrogens with zero attached hydrogens (tertiary/aromatic N) is 3. The van der Waals surface area contributed by atoms with E-state index in [0.717, 1.165) is 35.7 Å². The third-order valence-corrected chi connectivity index (χ3v) is 6.73. The van der Waals surface area contributed by atoms with Crippen LogP contribution in [0.4, 0.5) is 10.1 Å². The SMILES string of the molecule is COc1ccc(CCC(=O)N2CCC[C@H](c3nnc(C(=O)Nc4ccc(F)cc4)s3)C2)cc1. The second kappa shape index (κ2) is 10.5. The molecule has 9 heteroatoms. The number of carbonyl (C=O) groups is 2. The van der Waals surface area contributed by atoms with Gasteiger partial charge in [0.05, 0.1) is 7.11 Å². The highest BCUT2D eigenvalue weighted by Gasteiger charge is 2.28. The summed E-state index contributed by atoms with van der Waals surface area (Å²) in [7, 11) is 1.63. The van der Waals surface area contributed by atoms with Crippen LogP contribution in [-0.2, 0) is 11.2 Å². The summed E-state index contributed by atoms with van der Waals surface area (Å²) >= 11 is 1.24. The van der Waals surface area contributed by atoms with Crippen molar-refractivity contribution in [3.63, 3.8) is 0 Å². The molecule has 1 aromatic heterocycles. The van der Waals surface area contributed by atoms with Gasteiger partial charge in [-0.2, -0.15) is 0 Å². The number of aromatic nitrogens is 2. The first-order valence-corrected chi connectivity index (χ1v) is 11.6. The molecule has 0 aliphatic carbocycles. The van der Waals surface area contributed by atoms with Crippen molar-refractivity contribution in [2.45, 2.75) is 31.6 Å². The van der Waals surface area contributed by atoms with E-state index in [1.807, 2.05) is 29.2 Å². The van der Waals surface area contributed by atoms with E-state index in [-0.39, 0.29) is 28.6 Å². The van der Waals surface area contributed by atoms with Crippen molar-refractivity contribution < 1.29 is 18.7 Å². The molecule has 0 saturated carbocycles. The number of amides is 2. The number of aryl methyl sites for hydroxylation is 1. The fourth-order valence-electron chi connectivity index (χ4n) is 3.82. The Kier molecular flexibility index (Phi) is 7.29. The monoisotopic (exact) mass is 468 g/mol. The molecule has 4 rings (SSSR count). The lowest BCUT2D eigenvalue weighted by atomic mass is 9.98. The molecule has 172 valence electrons. The average Bonchev–Trinajstić information content (AvgIpc) is 3.35. The summed E-state index contributed by atoms with van der Waals surface area (Å²) in [6.07, 6.45) is 2.91. The number of nitrogens with one attached hydrogen (secondary N) is 1. The number of hydrogen-bond donors (Lipinski definition) is 1. The van der Waals surface area contributed by atoms with Crippen LogP contribution in [0.2, 0.25) is 0 Å². The summed E-state index contributed by atoms with van der Waals surface area (Å²) < 4.78 is 18.2. The molecule has 1 aliphatic heterocycles. The number of methoxy groups -OCH3 is 1. The second-order valence-electron chi connectivity index (χ2n) is 7.93. The van der Waals surface area contributed by atoms with Crippen molar-refractivity contribution in [1.29, 1.82) is 0 Å². The Morgan fingerprint density at radius 1 is 1.15 bits per heavy atom. The van der Waals surface area contributed by atoms with Crippen LogP contribution in [0, 0.1) is 5.82 Å². The Labute approximate surface area is 195 Å². The van der Waals surface area contributed by atoms with Crippen LogP contribution in [-0.4, -0.2) is 47.1 Å². The van der Waals surface area contributed by atoms with Crippen LogP contribution in [0.5, 0.6) is 5.75 Å². The molecule has 1 saturated heterocycles. The molecule has 7 nitrogen and oxygen atoms in total. The van der Waals surface area contributed by atoms with Crippen molar-refractivity contribution in [3.05, 3.63) is 69.9 Å². The molecule has 2 amide bonds. The molecule has 1 aliphatic rings. The van der Waals surface area contributed by atoms with E-state index < -0.39 is 0 Å². The first-order chi connectivity index (χ1) is 16.0. The van der Waals surface area contributed by atoms with Crippen molar-refractivity contribution in [1.82, 2.24) is 15.1 Å². The topological polar surface area (TPSA) is 84.4 Å². The molecule has 0 bridgehead atoms. The van der Waals surface area contributed by atoms with E-state index in [1.165, 1.54) is 35.6 Å². The summed E-state index contributed by atoms with van der Waals surface area (Å²) in [6, 6.07) is 13.3. The lowest BCUT2D eigenvalue weighted by Crippen LogP contribution is -2.39. The smallest absolute Gasteiger partial charge is 0.286 e. The van der Waals surface area contributed by atoms with Crippen LogP contribution in [0.15, 0.2) is 48.5 Å². The van der Waals surface area contributed by atoms with Gasteiger partial charge in [-0.1, -0.05) is 23.5 Å². The summed E-state index contributed by atoms with van der Waals surface area (Å²) in [6.45, 7) is 1.31. The van der Waals surface area contributed by atoms with E-state index in [0.29, 0.717) is 25.1 Å². The summed E-state index contributed by atoms with van der Waals surface area (Å²) in [4.78, 5) is 27.1. The minimum Gasteiger partial charge on any atom is -0.497 e. The van der Waals surface area contributed by atoms with E-state index in [2.05, 4.69) is 15.5 Å². The van der Waals surface area contributed by atoms with Gasteiger partial charge in [0.1, 0.15) is 16.6 Å². The van der Waals surface area contributed by atoms with Gasteiger partial charge in [0, 0.05) is 31.1 Å². The van der Waals surface area contributed by atoms with Gasteiger partial charge in [0.25, 0.3) is 5.91 Å². The largest absolute Gasteiger partial charge is 0.497 e. The molecular weight excluding hydrogens is 443 g/mol. The number of anilines is 1. The van der Waals surface area contributed by atoms with Gasteiger partial charge in [-0.3, -0.25) is 9.59 Å². The van der Waals surface area contributed by atoms with Crippen LogP contribution in [0.25, 0.3) is 0 Å². The predicted octanol–water partition coefficient (Wildman–Crippen LogP) is 4.28. The Bertz CT molecular complexity index is 1100. The molecule has 2 aromatic carbocycles. The molecular formula is C24H25FN4O3S.